The number of methoxy groups -OCH3 is 1. The lowest BCUT2D eigenvalue weighted by Crippen LogP contribution is -2.43. The van der Waals surface area contributed by atoms with Crippen molar-refractivity contribution in [1.29, 1.82) is 0 Å². The lowest BCUT2D eigenvalue weighted by atomic mass is 9.84. The molecule has 3 rings (SSSR count). The summed E-state index contributed by atoms with van der Waals surface area (Å²) in [4.78, 5) is 4.42. The Morgan fingerprint density at radius 2 is 2.05 bits per heavy atom. The number of aliphatic hydroxyl groups is 1. The van der Waals surface area contributed by atoms with Crippen molar-refractivity contribution in [2.24, 2.45) is 0 Å². The van der Waals surface area contributed by atoms with E-state index in [9.17, 15) is 5.11 Å². The molecule has 1 saturated heterocycles. The maximum atomic E-state index is 10.7. The lowest BCUT2D eigenvalue weighted by Gasteiger charge is -2.39. The van der Waals surface area contributed by atoms with Crippen LogP contribution in [0.3, 0.4) is 0 Å². The van der Waals surface area contributed by atoms with Gasteiger partial charge in [-0.1, -0.05) is 18.2 Å². The Bertz CT molecular complexity index is 593. The van der Waals surface area contributed by atoms with Gasteiger partial charge in [-0.3, -0.25) is 4.98 Å². The molecular formula is C16H19NO3. The predicted molar refractivity (Wildman–Crippen MR) is 76.5 cm³/mol. The molecule has 1 aliphatic rings. The van der Waals surface area contributed by atoms with E-state index in [1.165, 1.54) is 0 Å². The first-order valence-corrected chi connectivity index (χ1v) is 6.91. The zero-order chi connectivity index (χ0) is 14.0. The first kappa shape index (κ1) is 13.5. The fourth-order valence-corrected chi connectivity index (χ4v) is 2.85. The third kappa shape index (κ3) is 2.30. The second-order valence-corrected chi connectivity index (χ2v) is 5.25. The van der Waals surface area contributed by atoms with Crippen molar-refractivity contribution in [2.45, 2.75) is 24.5 Å². The van der Waals surface area contributed by atoms with Gasteiger partial charge in [0.25, 0.3) is 0 Å². The van der Waals surface area contributed by atoms with E-state index in [4.69, 9.17) is 9.47 Å². The van der Waals surface area contributed by atoms with Crippen LogP contribution in [0.4, 0.5) is 0 Å². The van der Waals surface area contributed by atoms with Crippen LogP contribution in [0.15, 0.2) is 36.5 Å². The molecule has 1 unspecified atom stereocenters. The molecular weight excluding hydrogens is 254 g/mol. The van der Waals surface area contributed by atoms with Crippen LogP contribution in [-0.4, -0.2) is 36.0 Å². The van der Waals surface area contributed by atoms with E-state index in [1.807, 2.05) is 30.3 Å². The number of ether oxygens (including phenoxy) is 2. The van der Waals surface area contributed by atoms with Crippen molar-refractivity contribution >= 4 is 10.9 Å². The summed E-state index contributed by atoms with van der Waals surface area (Å²) < 4.78 is 11.0. The average molecular weight is 273 g/mol. The third-order valence-electron chi connectivity index (χ3n) is 4.17. The molecule has 2 heterocycles. The molecule has 106 valence electrons. The molecule has 20 heavy (non-hydrogen) atoms. The van der Waals surface area contributed by atoms with Crippen LogP contribution in [0.5, 0.6) is 0 Å². The van der Waals surface area contributed by atoms with Crippen molar-refractivity contribution in [3.8, 4) is 0 Å². The monoisotopic (exact) mass is 273 g/mol. The van der Waals surface area contributed by atoms with Crippen LogP contribution in [0.1, 0.15) is 24.5 Å². The Balaban J connectivity index is 1.96. The van der Waals surface area contributed by atoms with Crippen molar-refractivity contribution < 1.29 is 14.6 Å². The van der Waals surface area contributed by atoms with Crippen LogP contribution in [-0.2, 0) is 9.47 Å². The van der Waals surface area contributed by atoms with Gasteiger partial charge in [-0.25, -0.2) is 0 Å². The standard InChI is InChI=1S/C16H19NO3/c1-19-16(6-8-20-9-7-16)15(18)13-10-12-4-2-3-5-14(12)17-11-13/h2-5,10-11,15,18H,6-9H2,1H3. The Kier molecular flexibility index (Phi) is 3.70. The number of para-hydroxylation sites is 1. The van der Waals surface area contributed by atoms with Gasteiger partial charge in [0.2, 0.25) is 0 Å². The number of pyridine rings is 1. The highest BCUT2D eigenvalue weighted by molar-refractivity contribution is 5.78. The Labute approximate surface area is 118 Å². The highest BCUT2D eigenvalue weighted by Gasteiger charge is 2.40. The van der Waals surface area contributed by atoms with Gasteiger partial charge >= 0.3 is 0 Å². The molecule has 1 aromatic heterocycles. The van der Waals surface area contributed by atoms with Gasteiger partial charge in [-0.2, -0.15) is 0 Å². The van der Waals surface area contributed by atoms with Crippen LogP contribution in [0.25, 0.3) is 10.9 Å². The second kappa shape index (κ2) is 5.48. The summed E-state index contributed by atoms with van der Waals surface area (Å²) in [5.74, 6) is 0. The normalized spacial score (nSPS) is 19.9. The number of benzene rings is 1. The molecule has 0 spiro atoms. The highest BCUT2D eigenvalue weighted by Crippen LogP contribution is 2.37. The summed E-state index contributed by atoms with van der Waals surface area (Å²) in [6.45, 7) is 1.23. The summed E-state index contributed by atoms with van der Waals surface area (Å²) in [6.07, 6.45) is 2.44. The molecule has 0 radical (unpaired) electrons. The summed E-state index contributed by atoms with van der Waals surface area (Å²) in [5.41, 5.74) is 1.16. The number of rotatable bonds is 3. The minimum atomic E-state index is -0.687. The largest absolute Gasteiger partial charge is 0.385 e. The maximum Gasteiger partial charge on any atom is 0.110 e. The van der Waals surface area contributed by atoms with Crippen molar-refractivity contribution in [1.82, 2.24) is 4.98 Å². The van der Waals surface area contributed by atoms with Gasteiger partial charge < -0.3 is 14.6 Å². The van der Waals surface area contributed by atoms with Crippen LogP contribution in [0.2, 0.25) is 0 Å². The molecule has 1 N–H and O–H groups in total. The van der Waals surface area contributed by atoms with E-state index in [0.29, 0.717) is 26.1 Å². The topological polar surface area (TPSA) is 51.6 Å². The zero-order valence-electron chi connectivity index (χ0n) is 11.6. The van der Waals surface area contributed by atoms with Crippen LogP contribution >= 0.6 is 0 Å². The van der Waals surface area contributed by atoms with Gasteiger partial charge in [0.15, 0.2) is 0 Å². The minimum Gasteiger partial charge on any atom is -0.385 e. The molecule has 1 atom stereocenters. The quantitative estimate of drug-likeness (QED) is 0.933. The molecule has 1 fully saturated rings. The third-order valence-corrected chi connectivity index (χ3v) is 4.17. The molecule has 1 aliphatic heterocycles. The fourth-order valence-electron chi connectivity index (χ4n) is 2.85. The van der Waals surface area contributed by atoms with Crippen molar-refractivity contribution in [3.63, 3.8) is 0 Å². The van der Waals surface area contributed by atoms with E-state index in [1.54, 1.807) is 13.3 Å². The molecule has 4 nitrogen and oxygen atoms in total. The molecule has 0 bridgehead atoms. The van der Waals surface area contributed by atoms with E-state index >= 15 is 0 Å². The first-order valence-electron chi connectivity index (χ1n) is 6.91. The van der Waals surface area contributed by atoms with Gasteiger partial charge in [0, 0.05) is 50.3 Å². The van der Waals surface area contributed by atoms with E-state index in [2.05, 4.69) is 4.98 Å². The predicted octanol–water partition coefficient (Wildman–Crippen LogP) is 2.46. The second-order valence-electron chi connectivity index (χ2n) is 5.25. The molecule has 2 aromatic rings. The van der Waals surface area contributed by atoms with Crippen molar-refractivity contribution in [3.05, 3.63) is 42.1 Å². The Morgan fingerprint density at radius 3 is 2.80 bits per heavy atom. The maximum absolute atomic E-state index is 10.7. The van der Waals surface area contributed by atoms with E-state index < -0.39 is 11.7 Å². The number of hydrogen-bond donors (Lipinski definition) is 1. The zero-order valence-corrected chi connectivity index (χ0v) is 11.6. The Hall–Kier alpha value is -1.49. The molecule has 0 aliphatic carbocycles. The summed E-state index contributed by atoms with van der Waals surface area (Å²) >= 11 is 0. The lowest BCUT2D eigenvalue weighted by molar-refractivity contribution is -0.154. The highest BCUT2D eigenvalue weighted by atomic mass is 16.5. The summed E-state index contributed by atoms with van der Waals surface area (Å²) in [5, 5.41) is 11.8. The number of fused-ring (bicyclic) bond motifs is 1. The molecule has 0 amide bonds. The van der Waals surface area contributed by atoms with Crippen molar-refractivity contribution in [2.75, 3.05) is 20.3 Å². The number of aromatic nitrogens is 1. The summed E-state index contributed by atoms with van der Waals surface area (Å²) in [6, 6.07) is 9.89. The van der Waals surface area contributed by atoms with E-state index in [-0.39, 0.29) is 0 Å². The van der Waals surface area contributed by atoms with E-state index in [0.717, 1.165) is 16.5 Å². The van der Waals surface area contributed by atoms with Crippen LogP contribution in [0, 0.1) is 0 Å². The smallest absolute Gasteiger partial charge is 0.110 e. The molecule has 1 aromatic carbocycles. The van der Waals surface area contributed by atoms with Gasteiger partial charge in [0.1, 0.15) is 11.7 Å². The fraction of sp³-hybridized carbons (Fsp3) is 0.438. The van der Waals surface area contributed by atoms with Gasteiger partial charge in [-0.15, -0.1) is 0 Å². The van der Waals surface area contributed by atoms with Crippen LogP contribution < -0.4 is 0 Å². The first-order chi connectivity index (χ1) is 9.75. The number of hydrogen-bond acceptors (Lipinski definition) is 4. The Morgan fingerprint density at radius 1 is 1.30 bits per heavy atom. The molecule has 0 saturated carbocycles. The summed E-state index contributed by atoms with van der Waals surface area (Å²) in [7, 11) is 1.66. The van der Waals surface area contributed by atoms with Gasteiger partial charge in [-0.05, 0) is 12.1 Å². The SMILES string of the molecule is COC1(C(O)c2cnc3ccccc3c2)CCOCC1. The molecule has 4 heteroatoms. The minimum absolute atomic E-state index is 0.567. The van der Waals surface area contributed by atoms with Gasteiger partial charge in [0.05, 0.1) is 5.52 Å². The number of nitrogens with zero attached hydrogens (tertiary/aromatic N) is 1. The average Bonchev–Trinajstić information content (AvgIpc) is 2.54. The number of aliphatic hydroxyl groups excluding tert-OH is 1.